The molecule has 1 saturated heterocycles. The maximum atomic E-state index is 11.7. The van der Waals surface area contributed by atoms with E-state index in [1.54, 1.807) is 6.92 Å². The van der Waals surface area contributed by atoms with Gasteiger partial charge >= 0.3 is 0 Å². The Morgan fingerprint density at radius 2 is 1.81 bits per heavy atom. The van der Waals surface area contributed by atoms with Crippen molar-refractivity contribution in [2.24, 2.45) is 0 Å². The summed E-state index contributed by atoms with van der Waals surface area (Å²) in [5.74, 6) is 2.82. The zero-order valence-corrected chi connectivity index (χ0v) is 16.2. The number of benzene rings is 1. The SMILES string of the molecule is CC(=O)N1CCc2nnc(C3CCN(CCc4ccccc4)CC3)n2CC1. The number of hydrogen-bond acceptors (Lipinski definition) is 4. The minimum atomic E-state index is 0.155. The van der Waals surface area contributed by atoms with Gasteiger partial charge in [-0.2, -0.15) is 0 Å². The molecule has 27 heavy (non-hydrogen) atoms. The summed E-state index contributed by atoms with van der Waals surface area (Å²) in [6.07, 6.45) is 4.21. The molecule has 2 aliphatic rings. The predicted octanol–water partition coefficient (Wildman–Crippen LogP) is 2.10. The third-order valence-corrected chi connectivity index (χ3v) is 6.01. The number of fused-ring (bicyclic) bond motifs is 1. The summed E-state index contributed by atoms with van der Waals surface area (Å²) in [5, 5.41) is 8.98. The molecule has 1 amide bonds. The van der Waals surface area contributed by atoms with Crippen LogP contribution in [0.3, 0.4) is 0 Å². The second-order valence-electron chi connectivity index (χ2n) is 7.73. The normalized spacial score (nSPS) is 18.9. The van der Waals surface area contributed by atoms with Gasteiger partial charge in [0.05, 0.1) is 0 Å². The number of amides is 1. The lowest BCUT2D eigenvalue weighted by Crippen LogP contribution is -2.35. The smallest absolute Gasteiger partial charge is 0.219 e. The van der Waals surface area contributed by atoms with Crippen molar-refractivity contribution in [1.82, 2.24) is 24.6 Å². The van der Waals surface area contributed by atoms with Crippen molar-refractivity contribution in [1.29, 1.82) is 0 Å². The van der Waals surface area contributed by atoms with Crippen LogP contribution in [0.25, 0.3) is 0 Å². The van der Waals surface area contributed by atoms with Crippen LogP contribution in [0.4, 0.5) is 0 Å². The molecule has 0 spiro atoms. The van der Waals surface area contributed by atoms with E-state index in [1.165, 1.54) is 5.56 Å². The highest BCUT2D eigenvalue weighted by Crippen LogP contribution is 2.28. The third kappa shape index (κ3) is 4.21. The second kappa shape index (κ2) is 8.21. The zero-order chi connectivity index (χ0) is 18.6. The van der Waals surface area contributed by atoms with Crippen LogP contribution in [0.15, 0.2) is 30.3 Å². The summed E-state index contributed by atoms with van der Waals surface area (Å²) in [6.45, 7) is 7.37. The van der Waals surface area contributed by atoms with Crippen molar-refractivity contribution >= 4 is 5.91 Å². The summed E-state index contributed by atoms with van der Waals surface area (Å²) in [4.78, 5) is 16.2. The van der Waals surface area contributed by atoms with Gasteiger partial charge in [-0.15, -0.1) is 10.2 Å². The molecule has 0 unspecified atom stereocenters. The Balaban J connectivity index is 1.33. The number of hydrogen-bond donors (Lipinski definition) is 0. The van der Waals surface area contributed by atoms with Gasteiger partial charge in [-0.25, -0.2) is 0 Å². The molecule has 1 aromatic heterocycles. The average Bonchev–Trinajstić information content (AvgIpc) is 2.98. The Kier molecular flexibility index (Phi) is 5.53. The molecular formula is C21H29N5O. The van der Waals surface area contributed by atoms with Crippen LogP contribution in [0.2, 0.25) is 0 Å². The van der Waals surface area contributed by atoms with Crippen LogP contribution in [-0.2, 0) is 24.2 Å². The molecule has 6 heteroatoms. The largest absolute Gasteiger partial charge is 0.341 e. The fraction of sp³-hybridized carbons (Fsp3) is 0.571. The second-order valence-corrected chi connectivity index (χ2v) is 7.73. The van der Waals surface area contributed by atoms with E-state index in [2.05, 4.69) is 50.0 Å². The van der Waals surface area contributed by atoms with E-state index in [4.69, 9.17) is 0 Å². The molecule has 0 radical (unpaired) electrons. The Morgan fingerprint density at radius 1 is 1.04 bits per heavy atom. The van der Waals surface area contributed by atoms with Crippen LogP contribution < -0.4 is 0 Å². The van der Waals surface area contributed by atoms with Crippen LogP contribution >= 0.6 is 0 Å². The van der Waals surface area contributed by atoms with Gasteiger partial charge in [0.25, 0.3) is 0 Å². The first-order valence-electron chi connectivity index (χ1n) is 10.1. The van der Waals surface area contributed by atoms with E-state index in [0.717, 1.165) is 76.6 Å². The number of piperidine rings is 1. The lowest BCUT2D eigenvalue weighted by atomic mass is 9.95. The van der Waals surface area contributed by atoms with Crippen molar-refractivity contribution in [3.8, 4) is 0 Å². The number of rotatable bonds is 4. The lowest BCUT2D eigenvalue weighted by molar-refractivity contribution is -0.128. The summed E-state index contributed by atoms with van der Waals surface area (Å²) in [6, 6.07) is 10.7. The van der Waals surface area contributed by atoms with Crippen molar-refractivity contribution in [2.45, 2.75) is 45.1 Å². The van der Waals surface area contributed by atoms with E-state index in [-0.39, 0.29) is 5.91 Å². The Hall–Kier alpha value is -2.21. The average molecular weight is 367 g/mol. The topological polar surface area (TPSA) is 54.3 Å². The fourth-order valence-corrected chi connectivity index (χ4v) is 4.31. The number of aromatic nitrogens is 3. The van der Waals surface area contributed by atoms with Gasteiger partial charge < -0.3 is 14.4 Å². The predicted molar refractivity (Wildman–Crippen MR) is 105 cm³/mol. The number of likely N-dealkylation sites (tertiary alicyclic amines) is 1. The Labute approximate surface area is 161 Å². The van der Waals surface area contributed by atoms with Gasteiger partial charge in [-0.3, -0.25) is 4.79 Å². The van der Waals surface area contributed by atoms with Crippen LogP contribution in [0.5, 0.6) is 0 Å². The molecule has 2 aliphatic heterocycles. The quantitative estimate of drug-likeness (QED) is 0.831. The summed E-state index contributed by atoms with van der Waals surface area (Å²) >= 11 is 0. The van der Waals surface area contributed by atoms with Crippen molar-refractivity contribution in [3.63, 3.8) is 0 Å². The van der Waals surface area contributed by atoms with Gasteiger partial charge in [0, 0.05) is 45.4 Å². The molecule has 1 fully saturated rings. The summed E-state index contributed by atoms with van der Waals surface area (Å²) in [5.41, 5.74) is 1.41. The van der Waals surface area contributed by atoms with Crippen molar-refractivity contribution < 1.29 is 4.79 Å². The maximum absolute atomic E-state index is 11.7. The highest BCUT2D eigenvalue weighted by atomic mass is 16.2. The summed E-state index contributed by atoms with van der Waals surface area (Å²) < 4.78 is 2.28. The first-order chi connectivity index (χ1) is 13.2. The molecule has 6 nitrogen and oxygen atoms in total. The molecule has 1 aromatic carbocycles. The number of carbonyl (C=O) groups is 1. The number of carbonyl (C=O) groups excluding carboxylic acids is 1. The van der Waals surface area contributed by atoms with Crippen molar-refractivity contribution in [3.05, 3.63) is 47.5 Å². The van der Waals surface area contributed by atoms with E-state index in [9.17, 15) is 4.79 Å². The Morgan fingerprint density at radius 3 is 2.56 bits per heavy atom. The van der Waals surface area contributed by atoms with E-state index in [1.807, 2.05) is 4.90 Å². The van der Waals surface area contributed by atoms with E-state index < -0.39 is 0 Å². The van der Waals surface area contributed by atoms with E-state index in [0.29, 0.717) is 5.92 Å². The fourth-order valence-electron chi connectivity index (χ4n) is 4.31. The molecule has 4 rings (SSSR count). The van der Waals surface area contributed by atoms with Crippen LogP contribution in [0.1, 0.15) is 42.9 Å². The van der Waals surface area contributed by atoms with Gasteiger partial charge in [0.2, 0.25) is 5.91 Å². The molecule has 3 heterocycles. The monoisotopic (exact) mass is 367 g/mol. The van der Waals surface area contributed by atoms with Gasteiger partial charge in [0.1, 0.15) is 11.6 Å². The molecule has 0 aliphatic carbocycles. The van der Waals surface area contributed by atoms with Gasteiger partial charge in [0.15, 0.2) is 0 Å². The maximum Gasteiger partial charge on any atom is 0.219 e. The minimum Gasteiger partial charge on any atom is -0.341 e. The third-order valence-electron chi connectivity index (χ3n) is 6.01. The molecule has 2 aromatic rings. The molecule has 0 atom stereocenters. The van der Waals surface area contributed by atoms with Gasteiger partial charge in [-0.05, 0) is 37.9 Å². The zero-order valence-electron chi connectivity index (χ0n) is 16.2. The minimum absolute atomic E-state index is 0.155. The highest BCUT2D eigenvalue weighted by Gasteiger charge is 2.27. The molecule has 0 N–H and O–H groups in total. The molecular weight excluding hydrogens is 338 g/mol. The molecule has 144 valence electrons. The van der Waals surface area contributed by atoms with Gasteiger partial charge in [-0.1, -0.05) is 30.3 Å². The summed E-state index contributed by atoms with van der Waals surface area (Å²) in [7, 11) is 0. The number of nitrogens with zero attached hydrogens (tertiary/aromatic N) is 5. The molecule has 0 bridgehead atoms. The van der Waals surface area contributed by atoms with E-state index >= 15 is 0 Å². The van der Waals surface area contributed by atoms with Crippen LogP contribution in [-0.4, -0.2) is 63.2 Å². The lowest BCUT2D eigenvalue weighted by Gasteiger charge is -2.31. The van der Waals surface area contributed by atoms with Crippen molar-refractivity contribution in [2.75, 3.05) is 32.7 Å². The molecule has 0 saturated carbocycles. The first kappa shape index (κ1) is 18.2. The first-order valence-corrected chi connectivity index (χ1v) is 10.1. The van der Waals surface area contributed by atoms with Crippen LogP contribution in [0, 0.1) is 0 Å². The highest BCUT2D eigenvalue weighted by molar-refractivity contribution is 5.73. The Bertz CT molecular complexity index is 764. The standard InChI is InChI=1S/C21H29N5O/c1-17(27)25-14-10-20-22-23-21(26(20)16-15-25)19-8-12-24(13-9-19)11-7-18-5-3-2-4-6-18/h2-6,19H,7-16H2,1H3.